The number of methoxy groups -OCH3 is 1. The summed E-state index contributed by atoms with van der Waals surface area (Å²) in [5.41, 5.74) is -1.74. The van der Waals surface area contributed by atoms with Crippen molar-refractivity contribution in [2.45, 2.75) is 102 Å². The van der Waals surface area contributed by atoms with Crippen LogP contribution >= 0.6 is 0 Å². The van der Waals surface area contributed by atoms with Crippen LogP contribution in [0.15, 0.2) is 11.6 Å². The van der Waals surface area contributed by atoms with Crippen LogP contribution in [0.25, 0.3) is 0 Å². The smallest absolute Gasteiger partial charge is 0.328 e. The normalized spacial score (nSPS) is 39.7. The number of allylic oxidation sites excluding steroid dienone is 1. The van der Waals surface area contributed by atoms with E-state index in [-0.39, 0.29) is 60.5 Å². The largest absolute Gasteiger partial charge is 0.467 e. The lowest BCUT2D eigenvalue weighted by Crippen LogP contribution is -2.62. The Kier molecular flexibility index (Phi) is 7.96. The molecule has 10 heteroatoms. The fraction of sp³-hybridized carbons (Fsp3) is 0.774. The molecule has 10 nitrogen and oxygen atoms in total. The van der Waals surface area contributed by atoms with Crippen LogP contribution in [0.5, 0.6) is 0 Å². The van der Waals surface area contributed by atoms with Gasteiger partial charge < -0.3 is 24.6 Å². The highest BCUT2D eigenvalue weighted by atomic mass is 16.5. The number of ketones is 2. The molecular weight excluding hydrogens is 530 g/mol. The third kappa shape index (κ3) is 4.84. The minimum absolute atomic E-state index is 0.0254. The van der Waals surface area contributed by atoms with Crippen molar-refractivity contribution in [2.75, 3.05) is 20.3 Å². The van der Waals surface area contributed by atoms with Gasteiger partial charge in [-0.15, -0.1) is 0 Å². The van der Waals surface area contributed by atoms with Gasteiger partial charge in [0.25, 0.3) is 0 Å². The van der Waals surface area contributed by atoms with Crippen molar-refractivity contribution in [3.8, 4) is 0 Å². The molecule has 0 radical (unpaired) electrons. The molecule has 0 aromatic heterocycles. The Balaban J connectivity index is 1.20. The number of fused-ring (bicyclic) bond motifs is 5. The van der Waals surface area contributed by atoms with Crippen molar-refractivity contribution >= 4 is 29.4 Å². The fourth-order valence-corrected chi connectivity index (χ4v) is 9.29. The summed E-state index contributed by atoms with van der Waals surface area (Å²) in [5, 5.41) is 23.3. The summed E-state index contributed by atoms with van der Waals surface area (Å²) in [6.45, 7) is 3.86. The number of rotatable bonds is 7. The molecule has 0 aromatic carbocycles. The number of aliphatic hydroxyl groups is 2. The monoisotopic (exact) mass is 573 g/mol. The molecule has 4 aliphatic carbocycles. The van der Waals surface area contributed by atoms with Crippen LogP contribution in [0.2, 0.25) is 0 Å². The molecule has 1 amide bonds. The van der Waals surface area contributed by atoms with E-state index in [2.05, 4.69) is 6.92 Å². The third-order valence-corrected chi connectivity index (χ3v) is 11.5. The van der Waals surface area contributed by atoms with E-state index in [1.165, 1.54) is 12.0 Å². The van der Waals surface area contributed by atoms with Gasteiger partial charge in [-0.3, -0.25) is 19.2 Å². The van der Waals surface area contributed by atoms with Gasteiger partial charge in [0.15, 0.2) is 12.4 Å². The number of aliphatic hydroxyl groups excluding tert-OH is 1. The predicted octanol–water partition coefficient (Wildman–Crippen LogP) is 2.28. The quantitative estimate of drug-likeness (QED) is 0.438. The topological polar surface area (TPSA) is 148 Å². The highest BCUT2D eigenvalue weighted by Crippen LogP contribution is 2.67. The van der Waals surface area contributed by atoms with Gasteiger partial charge in [0.05, 0.1) is 19.6 Å². The van der Waals surface area contributed by atoms with Gasteiger partial charge >= 0.3 is 11.9 Å². The van der Waals surface area contributed by atoms with E-state index in [4.69, 9.17) is 9.47 Å². The molecule has 0 unspecified atom stereocenters. The van der Waals surface area contributed by atoms with Crippen LogP contribution in [0.4, 0.5) is 0 Å². The number of ether oxygens (including phenoxy) is 2. The molecule has 41 heavy (non-hydrogen) atoms. The summed E-state index contributed by atoms with van der Waals surface area (Å²) >= 11 is 0. The van der Waals surface area contributed by atoms with Crippen molar-refractivity contribution in [1.82, 2.24) is 4.90 Å². The van der Waals surface area contributed by atoms with Crippen molar-refractivity contribution in [3.63, 3.8) is 0 Å². The molecule has 3 saturated carbocycles. The molecule has 1 saturated heterocycles. The molecule has 1 aliphatic heterocycles. The lowest BCUT2D eigenvalue weighted by atomic mass is 9.45. The Morgan fingerprint density at radius 3 is 2.56 bits per heavy atom. The molecule has 0 bridgehead atoms. The number of carbonyl (C=O) groups is 5. The second kappa shape index (κ2) is 10.9. The third-order valence-electron chi connectivity index (χ3n) is 11.5. The zero-order valence-electron chi connectivity index (χ0n) is 24.4. The molecule has 1 heterocycles. The summed E-state index contributed by atoms with van der Waals surface area (Å²) in [6.07, 6.45) is 5.75. The lowest BCUT2D eigenvalue weighted by Gasteiger charge is -2.60. The summed E-state index contributed by atoms with van der Waals surface area (Å²) < 4.78 is 9.99. The number of hydrogen-bond acceptors (Lipinski definition) is 9. The second-order valence-electron chi connectivity index (χ2n) is 13.3. The summed E-state index contributed by atoms with van der Waals surface area (Å²) in [4.78, 5) is 64.0. The van der Waals surface area contributed by atoms with Crippen LogP contribution in [0, 0.1) is 28.6 Å². The number of hydrogen-bond donors (Lipinski definition) is 2. The van der Waals surface area contributed by atoms with Crippen molar-refractivity contribution in [1.29, 1.82) is 0 Å². The Labute approximate surface area is 240 Å². The van der Waals surface area contributed by atoms with Crippen LogP contribution < -0.4 is 0 Å². The molecule has 0 aromatic rings. The average molecular weight is 574 g/mol. The first-order valence-electron chi connectivity index (χ1n) is 15.1. The highest BCUT2D eigenvalue weighted by Gasteiger charge is 2.68. The maximum Gasteiger partial charge on any atom is 0.328 e. The Morgan fingerprint density at radius 2 is 1.83 bits per heavy atom. The van der Waals surface area contributed by atoms with Gasteiger partial charge in [-0.1, -0.05) is 19.4 Å². The Morgan fingerprint density at radius 1 is 1.07 bits per heavy atom. The van der Waals surface area contributed by atoms with Crippen LogP contribution in [-0.4, -0.2) is 82.5 Å². The summed E-state index contributed by atoms with van der Waals surface area (Å²) in [7, 11) is 1.27. The fourth-order valence-electron chi connectivity index (χ4n) is 9.29. The minimum Gasteiger partial charge on any atom is -0.467 e. The van der Waals surface area contributed by atoms with Crippen LogP contribution in [-0.2, 0) is 33.4 Å². The zero-order chi connectivity index (χ0) is 29.7. The first-order chi connectivity index (χ1) is 19.4. The van der Waals surface area contributed by atoms with Gasteiger partial charge in [-0.2, -0.15) is 0 Å². The Bertz CT molecular complexity index is 1160. The van der Waals surface area contributed by atoms with Crippen LogP contribution in [0.1, 0.15) is 84.5 Å². The summed E-state index contributed by atoms with van der Waals surface area (Å²) in [6, 6.07) is -0.643. The van der Waals surface area contributed by atoms with E-state index in [1.807, 2.05) is 6.92 Å². The first kappa shape index (κ1) is 29.9. The maximum atomic E-state index is 13.4. The van der Waals surface area contributed by atoms with Gasteiger partial charge in [0.2, 0.25) is 11.7 Å². The summed E-state index contributed by atoms with van der Waals surface area (Å²) in [5.74, 6) is -1.87. The molecule has 2 N–H and O–H groups in total. The highest BCUT2D eigenvalue weighted by molar-refractivity contribution is 5.92. The van der Waals surface area contributed by atoms with Crippen molar-refractivity contribution < 1.29 is 43.7 Å². The number of carbonyl (C=O) groups excluding carboxylic acids is 5. The average Bonchev–Trinajstić information content (AvgIpc) is 3.53. The molecular formula is C31H43NO9. The number of amides is 1. The molecule has 8 atom stereocenters. The first-order valence-corrected chi connectivity index (χ1v) is 15.1. The van der Waals surface area contributed by atoms with E-state index < -0.39 is 47.5 Å². The van der Waals surface area contributed by atoms with Crippen molar-refractivity contribution in [2.24, 2.45) is 28.6 Å². The SMILES string of the molecule is COC(=O)[C@@H]1CCCN1C(=O)CCC(=O)OCC(=O)[C@@]1(O)CC[C@H]2[C@@H]3CCC4=CC(=O)CC[C@]4(C)[C@H]3[C@@H](O)C[C@@]21C. The van der Waals surface area contributed by atoms with E-state index in [1.54, 1.807) is 6.08 Å². The molecule has 0 spiro atoms. The number of likely N-dealkylation sites (tertiary alicyclic amines) is 1. The van der Waals surface area contributed by atoms with Gasteiger partial charge in [-0.25, -0.2) is 4.79 Å². The van der Waals surface area contributed by atoms with Gasteiger partial charge in [0, 0.05) is 24.8 Å². The van der Waals surface area contributed by atoms with Crippen molar-refractivity contribution in [3.05, 3.63) is 11.6 Å². The van der Waals surface area contributed by atoms with E-state index in [9.17, 15) is 34.2 Å². The van der Waals surface area contributed by atoms with E-state index >= 15 is 0 Å². The lowest BCUT2D eigenvalue weighted by molar-refractivity contribution is -0.184. The zero-order valence-corrected chi connectivity index (χ0v) is 24.4. The molecule has 226 valence electrons. The molecule has 4 fully saturated rings. The maximum absolute atomic E-state index is 13.4. The van der Waals surface area contributed by atoms with E-state index in [0.29, 0.717) is 38.6 Å². The number of Topliss-reactive ketones (excluding diaryl/α,β-unsaturated/α-hetero) is 1. The number of nitrogens with zero attached hydrogens (tertiary/aromatic N) is 1. The van der Waals surface area contributed by atoms with Crippen LogP contribution in [0.3, 0.4) is 0 Å². The minimum atomic E-state index is -1.73. The number of esters is 2. The van der Waals surface area contributed by atoms with Gasteiger partial charge in [0.1, 0.15) is 11.6 Å². The van der Waals surface area contributed by atoms with Gasteiger partial charge in [-0.05, 0) is 80.6 Å². The Hall–Kier alpha value is -2.59. The molecule has 5 aliphatic rings. The van der Waals surface area contributed by atoms with E-state index in [0.717, 1.165) is 18.4 Å². The molecule has 5 rings (SSSR count). The second-order valence-corrected chi connectivity index (χ2v) is 13.3. The predicted molar refractivity (Wildman–Crippen MR) is 145 cm³/mol. The standard InChI is InChI=1S/C31H43NO9/c1-29-12-10-19(33)15-18(29)6-7-20-21-11-13-31(39,30(21,2)16-23(34)27(20)29)24(35)17-41-26(37)9-8-25(36)32-14-4-5-22(32)28(38)40-3/h15,20-23,27,34,39H,4-14,16-17H2,1-3H3/t20-,21-,22-,23-,27+,29-,30-,31-/m0/s1.